The zero-order chi connectivity index (χ0) is 16.1. The molecule has 0 amide bonds. The molecule has 1 heteroatoms. The molecule has 2 aromatic rings. The van der Waals surface area contributed by atoms with Crippen LogP contribution in [0.2, 0.25) is 0 Å². The fourth-order valence-corrected chi connectivity index (χ4v) is 4.62. The van der Waals surface area contributed by atoms with E-state index in [-0.39, 0.29) is 10.8 Å². The molecule has 22 heavy (non-hydrogen) atoms. The Morgan fingerprint density at radius 1 is 0.773 bits per heavy atom. The van der Waals surface area contributed by atoms with Crippen LogP contribution < -0.4 is 0 Å². The van der Waals surface area contributed by atoms with Crippen molar-refractivity contribution in [1.29, 1.82) is 0 Å². The summed E-state index contributed by atoms with van der Waals surface area (Å²) in [7, 11) is 0. The average Bonchev–Trinajstić information content (AvgIpc) is 2.63. The molecular formula is C21H23Cl. The Morgan fingerprint density at radius 2 is 1.23 bits per heavy atom. The number of rotatable bonds is 1. The van der Waals surface area contributed by atoms with Gasteiger partial charge in [0.2, 0.25) is 0 Å². The van der Waals surface area contributed by atoms with Gasteiger partial charge in [0.25, 0.3) is 0 Å². The third-order valence-corrected chi connectivity index (χ3v) is 5.46. The van der Waals surface area contributed by atoms with E-state index >= 15 is 0 Å². The molecule has 0 heterocycles. The van der Waals surface area contributed by atoms with Gasteiger partial charge in [0.15, 0.2) is 0 Å². The van der Waals surface area contributed by atoms with Gasteiger partial charge >= 0.3 is 0 Å². The minimum Gasteiger partial charge on any atom is -0.0837 e. The summed E-state index contributed by atoms with van der Waals surface area (Å²) in [6, 6.07) is 17.2. The predicted octanol–water partition coefficient (Wildman–Crippen LogP) is 6.21. The Kier molecular flexibility index (Phi) is 3.49. The second kappa shape index (κ2) is 4.99. The van der Waals surface area contributed by atoms with Crippen molar-refractivity contribution in [2.45, 2.75) is 45.4 Å². The maximum absolute atomic E-state index is 6.90. The van der Waals surface area contributed by atoms with Crippen LogP contribution in [0.25, 0.3) is 5.03 Å². The van der Waals surface area contributed by atoms with Gasteiger partial charge in [-0.25, -0.2) is 0 Å². The SMILES string of the molecule is Cc1ccc(C(Cl)=C2C(C)(C)c3ccccc3C2(C)C)cc1. The number of allylic oxidation sites excluding steroid dienone is 1. The van der Waals surface area contributed by atoms with Crippen molar-refractivity contribution >= 4 is 16.6 Å². The zero-order valence-corrected chi connectivity index (χ0v) is 14.8. The molecule has 1 aliphatic carbocycles. The Labute approximate surface area is 138 Å². The summed E-state index contributed by atoms with van der Waals surface area (Å²) in [6.45, 7) is 11.2. The van der Waals surface area contributed by atoms with Gasteiger partial charge in [-0.2, -0.15) is 0 Å². The lowest BCUT2D eigenvalue weighted by Crippen LogP contribution is -2.24. The third kappa shape index (κ3) is 2.13. The van der Waals surface area contributed by atoms with Gasteiger partial charge in [-0.05, 0) is 29.2 Å². The molecule has 0 fully saturated rings. The van der Waals surface area contributed by atoms with Crippen molar-refractivity contribution in [3.8, 4) is 0 Å². The maximum Gasteiger partial charge on any atom is 0.0488 e. The van der Waals surface area contributed by atoms with Gasteiger partial charge in [-0.15, -0.1) is 0 Å². The van der Waals surface area contributed by atoms with E-state index in [4.69, 9.17) is 11.6 Å². The Bertz CT molecular complexity index is 709. The van der Waals surface area contributed by atoms with E-state index in [1.807, 2.05) is 0 Å². The second-order valence-electron chi connectivity index (χ2n) is 7.35. The molecule has 0 atom stereocenters. The van der Waals surface area contributed by atoms with E-state index < -0.39 is 0 Å². The summed E-state index contributed by atoms with van der Waals surface area (Å²) in [4.78, 5) is 0. The predicted molar refractivity (Wildman–Crippen MR) is 96.4 cm³/mol. The number of halogens is 1. The highest BCUT2D eigenvalue weighted by molar-refractivity contribution is 6.49. The van der Waals surface area contributed by atoms with Crippen LogP contribution in [0.4, 0.5) is 0 Å². The molecule has 114 valence electrons. The van der Waals surface area contributed by atoms with Crippen LogP contribution in [0, 0.1) is 6.92 Å². The second-order valence-corrected chi connectivity index (χ2v) is 7.73. The van der Waals surface area contributed by atoms with Crippen LogP contribution in [-0.2, 0) is 10.8 Å². The van der Waals surface area contributed by atoms with Crippen molar-refractivity contribution < 1.29 is 0 Å². The largest absolute Gasteiger partial charge is 0.0837 e. The van der Waals surface area contributed by atoms with E-state index in [9.17, 15) is 0 Å². The van der Waals surface area contributed by atoms with Crippen LogP contribution in [0.1, 0.15) is 49.9 Å². The zero-order valence-electron chi connectivity index (χ0n) is 14.0. The highest BCUT2D eigenvalue weighted by Crippen LogP contribution is 2.56. The summed E-state index contributed by atoms with van der Waals surface area (Å²) < 4.78 is 0. The first-order chi connectivity index (χ1) is 10.3. The molecule has 0 nitrogen and oxygen atoms in total. The molecular weight excluding hydrogens is 288 g/mol. The van der Waals surface area contributed by atoms with E-state index in [1.54, 1.807) is 0 Å². The highest BCUT2D eigenvalue weighted by Gasteiger charge is 2.47. The van der Waals surface area contributed by atoms with Crippen LogP contribution in [0.3, 0.4) is 0 Å². The molecule has 0 aliphatic heterocycles. The standard InChI is InChI=1S/C21H23Cl/c1-14-10-12-15(13-11-14)18(22)19-20(2,3)16-8-6-7-9-17(16)21(19,4)5/h6-13H,1-5H3. The van der Waals surface area contributed by atoms with Crippen LogP contribution in [0.15, 0.2) is 54.1 Å². The maximum atomic E-state index is 6.90. The lowest BCUT2D eigenvalue weighted by molar-refractivity contribution is 0.554. The van der Waals surface area contributed by atoms with Crippen molar-refractivity contribution in [2.24, 2.45) is 0 Å². The fraction of sp³-hybridized carbons (Fsp3) is 0.333. The van der Waals surface area contributed by atoms with Crippen LogP contribution in [-0.4, -0.2) is 0 Å². The van der Waals surface area contributed by atoms with Crippen LogP contribution >= 0.6 is 11.6 Å². The van der Waals surface area contributed by atoms with Gasteiger partial charge in [0.05, 0.1) is 0 Å². The third-order valence-electron chi connectivity index (χ3n) is 5.05. The number of fused-ring (bicyclic) bond motifs is 1. The van der Waals surface area contributed by atoms with E-state index in [0.717, 1.165) is 10.6 Å². The molecule has 3 rings (SSSR count). The lowest BCUT2D eigenvalue weighted by atomic mass is 9.74. The molecule has 2 aromatic carbocycles. The Hall–Kier alpha value is -1.53. The van der Waals surface area contributed by atoms with Crippen molar-refractivity contribution in [3.05, 3.63) is 76.4 Å². The highest BCUT2D eigenvalue weighted by atomic mass is 35.5. The summed E-state index contributed by atoms with van der Waals surface area (Å²) in [5.41, 5.74) is 6.35. The fourth-order valence-electron chi connectivity index (χ4n) is 4.02. The normalized spacial score (nSPS) is 18.2. The van der Waals surface area contributed by atoms with Crippen molar-refractivity contribution in [1.82, 2.24) is 0 Å². The molecule has 0 saturated heterocycles. The quantitative estimate of drug-likeness (QED) is 0.587. The van der Waals surface area contributed by atoms with Crippen molar-refractivity contribution in [3.63, 3.8) is 0 Å². The van der Waals surface area contributed by atoms with Gasteiger partial charge < -0.3 is 0 Å². The minimum absolute atomic E-state index is 0.0535. The molecule has 0 unspecified atom stereocenters. The van der Waals surface area contributed by atoms with E-state index in [0.29, 0.717) is 0 Å². The van der Waals surface area contributed by atoms with Gasteiger partial charge in [-0.1, -0.05) is 93.4 Å². The average molecular weight is 311 g/mol. The number of benzene rings is 2. The van der Waals surface area contributed by atoms with Crippen molar-refractivity contribution in [2.75, 3.05) is 0 Å². The first-order valence-corrected chi connectivity index (χ1v) is 8.22. The summed E-state index contributed by atoms with van der Waals surface area (Å²) in [6.07, 6.45) is 0. The Morgan fingerprint density at radius 3 is 1.68 bits per heavy atom. The lowest BCUT2D eigenvalue weighted by Gasteiger charge is -2.30. The molecule has 0 saturated carbocycles. The molecule has 0 aromatic heterocycles. The first kappa shape index (κ1) is 15.4. The van der Waals surface area contributed by atoms with E-state index in [1.165, 1.54) is 22.3 Å². The molecule has 0 bridgehead atoms. The minimum atomic E-state index is -0.0535. The van der Waals surface area contributed by atoms with E-state index in [2.05, 4.69) is 83.1 Å². The molecule has 0 N–H and O–H groups in total. The smallest absolute Gasteiger partial charge is 0.0488 e. The number of hydrogen-bond donors (Lipinski definition) is 0. The first-order valence-electron chi connectivity index (χ1n) is 7.84. The van der Waals surface area contributed by atoms with Gasteiger partial charge in [-0.3, -0.25) is 0 Å². The number of aryl methyl sites for hydroxylation is 1. The summed E-state index contributed by atoms with van der Waals surface area (Å²) in [5, 5.41) is 0.895. The molecule has 1 aliphatic rings. The summed E-state index contributed by atoms with van der Waals surface area (Å²) >= 11 is 6.90. The monoisotopic (exact) mass is 310 g/mol. The topological polar surface area (TPSA) is 0 Å². The van der Waals surface area contributed by atoms with Crippen LogP contribution in [0.5, 0.6) is 0 Å². The molecule has 0 spiro atoms. The summed E-state index contributed by atoms with van der Waals surface area (Å²) in [5.74, 6) is 0. The van der Waals surface area contributed by atoms with Gasteiger partial charge in [0.1, 0.15) is 0 Å². The number of hydrogen-bond acceptors (Lipinski definition) is 0. The van der Waals surface area contributed by atoms with Gasteiger partial charge in [0, 0.05) is 15.9 Å². The Balaban J connectivity index is 2.27. The molecule has 0 radical (unpaired) electrons.